The lowest BCUT2D eigenvalue weighted by Gasteiger charge is -1.97. The number of aliphatic imine (C=N–C) groups is 2. The maximum absolute atomic E-state index is 5.42. The number of nitrogens with two attached hydrogens (primary N) is 3. The van der Waals surface area contributed by atoms with Crippen molar-refractivity contribution in [1.82, 2.24) is 9.78 Å². The molecule has 1 aromatic rings. The summed E-state index contributed by atoms with van der Waals surface area (Å²) in [6.07, 6.45) is 3.70. The van der Waals surface area contributed by atoms with E-state index in [-0.39, 0.29) is 11.9 Å². The largest absolute Gasteiger partial charge is 0.370 e. The molecule has 1 rings (SSSR count). The third kappa shape index (κ3) is 4.12. The highest BCUT2D eigenvalue weighted by Crippen LogP contribution is 1.93. The van der Waals surface area contributed by atoms with E-state index in [0.29, 0.717) is 13.1 Å². The number of aryl methyl sites for hydroxylation is 1. The van der Waals surface area contributed by atoms with Crippen LogP contribution in [0.2, 0.25) is 0 Å². The van der Waals surface area contributed by atoms with Crippen LogP contribution in [0.15, 0.2) is 22.4 Å². The van der Waals surface area contributed by atoms with Gasteiger partial charge in [0.15, 0.2) is 5.96 Å². The van der Waals surface area contributed by atoms with Gasteiger partial charge in [0.1, 0.15) is 0 Å². The topological polar surface area (TPSA) is 121 Å². The molecule has 0 aliphatic carbocycles. The first-order chi connectivity index (χ1) is 7.08. The lowest BCUT2D eigenvalue weighted by Crippen LogP contribution is -2.26. The third-order valence-electron chi connectivity index (χ3n) is 1.61. The smallest absolute Gasteiger partial charge is 0.218 e. The van der Waals surface area contributed by atoms with Crippen LogP contribution >= 0.6 is 0 Å². The fourth-order valence-corrected chi connectivity index (χ4v) is 1.02. The maximum atomic E-state index is 5.42. The van der Waals surface area contributed by atoms with E-state index in [1.165, 1.54) is 0 Å². The third-order valence-corrected chi connectivity index (χ3v) is 1.61. The van der Waals surface area contributed by atoms with Gasteiger partial charge in [0, 0.05) is 6.20 Å². The van der Waals surface area contributed by atoms with Crippen molar-refractivity contribution < 1.29 is 0 Å². The highest BCUT2D eigenvalue weighted by atomic mass is 15.3. The second kappa shape index (κ2) is 4.99. The van der Waals surface area contributed by atoms with E-state index in [4.69, 9.17) is 17.2 Å². The van der Waals surface area contributed by atoms with Crippen LogP contribution in [0.5, 0.6) is 0 Å². The summed E-state index contributed by atoms with van der Waals surface area (Å²) in [6.45, 7) is 3.11. The molecule has 0 saturated heterocycles. The zero-order valence-corrected chi connectivity index (χ0v) is 8.59. The number of hydrogen-bond acceptors (Lipinski definition) is 2. The molecule has 0 aromatic carbocycles. The van der Waals surface area contributed by atoms with Gasteiger partial charge in [0.25, 0.3) is 0 Å². The molecule has 0 spiro atoms. The van der Waals surface area contributed by atoms with E-state index in [0.717, 1.165) is 5.56 Å². The van der Waals surface area contributed by atoms with E-state index in [2.05, 4.69) is 15.1 Å². The summed E-state index contributed by atoms with van der Waals surface area (Å²) in [4.78, 5) is 7.54. The molecule has 7 heteroatoms. The van der Waals surface area contributed by atoms with E-state index >= 15 is 0 Å². The highest BCUT2D eigenvalue weighted by Gasteiger charge is 1.93. The minimum Gasteiger partial charge on any atom is -0.370 e. The van der Waals surface area contributed by atoms with Crippen LogP contribution in [0, 0.1) is 6.92 Å². The number of rotatable bonds is 3. The zero-order chi connectivity index (χ0) is 11.3. The van der Waals surface area contributed by atoms with Gasteiger partial charge in [-0.2, -0.15) is 10.1 Å². The Morgan fingerprint density at radius 2 is 2.20 bits per heavy atom. The van der Waals surface area contributed by atoms with Crippen molar-refractivity contribution in [2.45, 2.75) is 13.5 Å². The fourth-order valence-electron chi connectivity index (χ4n) is 1.02. The molecular weight excluding hydrogens is 194 g/mol. The summed E-state index contributed by atoms with van der Waals surface area (Å²) in [5.74, 6) is -0.00920. The predicted molar refractivity (Wildman–Crippen MR) is 59.3 cm³/mol. The van der Waals surface area contributed by atoms with Gasteiger partial charge in [-0.15, -0.1) is 0 Å². The molecule has 0 radical (unpaired) electrons. The lowest BCUT2D eigenvalue weighted by molar-refractivity contribution is 0.625. The number of aromatic nitrogens is 2. The molecule has 0 fully saturated rings. The molecule has 1 aromatic heterocycles. The molecule has 0 unspecified atom stereocenters. The van der Waals surface area contributed by atoms with Gasteiger partial charge in [-0.1, -0.05) is 0 Å². The Balaban J connectivity index is 2.42. The van der Waals surface area contributed by atoms with Crippen LogP contribution in [0.4, 0.5) is 0 Å². The van der Waals surface area contributed by atoms with Gasteiger partial charge >= 0.3 is 0 Å². The van der Waals surface area contributed by atoms with Gasteiger partial charge in [-0.05, 0) is 12.5 Å². The summed E-state index contributed by atoms with van der Waals surface area (Å²) >= 11 is 0. The SMILES string of the molecule is Cc1cnn(CCN=C(N)N=C(N)N)c1. The van der Waals surface area contributed by atoms with Crippen LogP contribution in [-0.2, 0) is 6.54 Å². The minimum atomic E-state index is -0.0915. The van der Waals surface area contributed by atoms with Crippen LogP contribution in [-0.4, -0.2) is 28.2 Å². The van der Waals surface area contributed by atoms with Gasteiger partial charge in [-0.25, -0.2) is 4.99 Å². The summed E-state index contributed by atoms with van der Waals surface area (Å²) in [6, 6.07) is 0. The summed E-state index contributed by atoms with van der Waals surface area (Å²) in [5, 5.41) is 4.09. The summed E-state index contributed by atoms with van der Waals surface area (Å²) < 4.78 is 1.78. The van der Waals surface area contributed by atoms with Crippen molar-refractivity contribution in [1.29, 1.82) is 0 Å². The van der Waals surface area contributed by atoms with Gasteiger partial charge in [0.05, 0.1) is 19.3 Å². The molecule has 6 N–H and O–H groups in total. The normalized spacial score (nSPS) is 11.4. The van der Waals surface area contributed by atoms with E-state index in [1.807, 2.05) is 13.1 Å². The predicted octanol–water partition coefficient (Wildman–Crippen LogP) is -1.22. The molecular formula is C8H15N7. The molecule has 0 bridgehead atoms. The second-order valence-electron chi connectivity index (χ2n) is 3.06. The average Bonchev–Trinajstić information content (AvgIpc) is 2.50. The minimum absolute atomic E-state index is 0.0823. The van der Waals surface area contributed by atoms with Crippen molar-refractivity contribution in [3.8, 4) is 0 Å². The fraction of sp³-hybridized carbons (Fsp3) is 0.375. The van der Waals surface area contributed by atoms with Crippen LogP contribution in [0.3, 0.4) is 0 Å². The van der Waals surface area contributed by atoms with Crippen LogP contribution < -0.4 is 17.2 Å². The van der Waals surface area contributed by atoms with E-state index in [9.17, 15) is 0 Å². The molecule has 82 valence electrons. The first-order valence-corrected chi connectivity index (χ1v) is 4.46. The Labute approximate surface area is 87.7 Å². The molecule has 7 nitrogen and oxygen atoms in total. The summed E-state index contributed by atoms with van der Waals surface area (Å²) in [5.41, 5.74) is 16.8. The molecule has 0 aliphatic heterocycles. The zero-order valence-electron chi connectivity index (χ0n) is 8.59. The Morgan fingerprint density at radius 3 is 2.73 bits per heavy atom. The molecule has 0 atom stereocenters. The Hall–Kier alpha value is -2.05. The number of guanidine groups is 2. The van der Waals surface area contributed by atoms with Crippen molar-refractivity contribution in [3.05, 3.63) is 18.0 Å². The maximum Gasteiger partial charge on any atom is 0.218 e. The van der Waals surface area contributed by atoms with Crippen LogP contribution in [0.25, 0.3) is 0 Å². The quantitative estimate of drug-likeness (QED) is 0.426. The van der Waals surface area contributed by atoms with E-state index in [1.54, 1.807) is 10.9 Å². The van der Waals surface area contributed by atoms with Crippen molar-refractivity contribution >= 4 is 11.9 Å². The van der Waals surface area contributed by atoms with Crippen molar-refractivity contribution in [3.63, 3.8) is 0 Å². The standard InChI is InChI=1S/C8H15N7/c1-6-4-13-15(5-6)3-2-12-8(11)14-7(9)10/h4-5H,2-3H2,1H3,(H6,9,10,11,12,14). The van der Waals surface area contributed by atoms with Crippen molar-refractivity contribution in [2.24, 2.45) is 27.2 Å². The van der Waals surface area contributed by atoms with Gasteiger partial charge in [-0.3, -0.25) is 4.68 Å². The molecule has 15 heavy (non-hydrogen) atoms. The average molecular weight is 209 g/mol. The number of nitrogens with zero attached hydrogens (tertiary/aromatic N) is 4. The lowest BCUT2D eigenvalue weighted by atomic mass is 10.4. The first-order valence-electron chi connectivity index (χ1n) is 4.46. The Bertz CT molecular complexity index is 372. The molecule has 0 aliphatic rings. The van der Waals surface area contributed by atoms with Gasteiger partial charge in [0.2, 0.25) is 5.96 Å². The second-order valence-corrected chi connectivity index (χ2v) is 3.06. The van der Waals surface area contributed by atoms with E-state index < -0.39 is 0 Å². The number of hydrogen-bond donors (Lipinski definition) is 3. The molecule has 0 saturated carbocycles. The molecule has 0 amide bonds. The first kappa shape index (κ1) is 11.0. The monoisotopic (exact) mass is 209 g/mol. The van der Waals surface area contributed by atoms with Crippen molar-refractivity contribution in [2.75, 3.05) is 6.54 Å². The Kier molecular flexibility index (Phi) is 3.67. The molecule has 1 heterocycles. The van der Waals surface area contributed by atoms with Crippen LogP contribution in [0.1, 0.15) is 5.56 Å². The van der Waals surface area contributed by atoms with Gasteiger partial charge < -0.3 is 17.2 Å². The highest BCUT2D eigenvalue weighted by molar-refractivity contribution is 5.92. The Morgan fingerprint density at radius 1 is 1.47 bits per heavy atom. The summed E-state index contributed by atoms with van der Waals surface area (Å²) in [7, 11) is 0.